The molecule has 43 heavy (non-hydrogen) atoms. The maximum atomic E-state index is 11.3. The number of rotatable bonds is 10. The van der Waals surface area contributed by atoms with Crippen molar-refractivity contribution in [3.05, 3.63) is 119 Å². The Hall–Kier alpha value is -4.72. The Morgan fingerprint density at radius 1 is 0.930 bits per heavy atom. The largest absolute Gasteiger partial charge is 0.489 e. The van der Waals surface area contributed by atoms with Crippen LogP contribution in [0.15, 0.2) is 103 Å². The minimum absolute atomic E-state index is 0.262. The van der Waals surface area contributed by atoms with E-state index in [0.29, 0.717) is 13.2 Å². The number of likely N-dealkylation sites (N-methyl/N-ethyl adjacent to an activating group) is 1. The summed E-state index contributed by atoms with van der Waals surface area (Å²) < 4.78 is 6.34. The molecule has 5 aromatic rings. The molecule has 7 heteroatoms. The fraction of sp³-hybridized carbons (Fsp3) is 0.222. The van der Waals surface area contributed by atoms with E-state index in [1.165, 1.54) is 5.56 Å². The molecule has 7 nitrogen and oxygen atoms in total. The average molecular weight is 573 g/mol. The van der Waals surface area contributed by atoms with Gasteiger partial charge in [-0.15, -0.1) is 0 Å². The molecule has 1 aliphatic rings. The SMILES string of the molecule is CN1CCN(Cc2ccc3ncc(NCC(=Cc4ccc(C(=O)O)cc4)COc4cccc5ccccc45)cc3c2)CC1. The van der Waals surface area contributed by atoms with Gasteiger partial charge in [-0.2, -0.15) is 0 Å². The van der Waals surface area contributed by atoms with Gasteiger partial charge in [0.1, 0.15) is 12.4 Å². The van der Waals surface area contributed by atoms with E-state index in [1.54, 1.807) is 12.1 Å². The van der Waals surface area contributed by atoms with Crippen LogP contribution >= 0.6 is 0 Å². The molecule has 1 saturated heterocycles. The Morgan fingerprint density at radius 3 is 2.53 bits per heavy atom. The van der Waals surface area contributed by atoms with Crippen LogP contribution in [0.25, 0.3) is 27.8 Å². The molecule has 0 unspecified atom stereocenters. The maximum absolute atomic E-state index is 11.3. The smallest absolute Gasteiger partial charge is 0.335 e. The Kier molecular flexibility index (Phi) is 8.63. The number of carboxylic acids is 1. The minimum Gasteiger partial charge on any atom is -0.489 e. The van der Waals surface area contributed by atoms with Gasteiger partial charge in [0.25, 0.3) is 0 Å². The molecule has 1 fully saturated rings. The summed E-state index contributed by atoms with van der Waals surface area (Å²) >= 11 is 0. The van der Waals surface area contributed by atoms with Gasteiger partial charge in [0.05, 0.1) is 23.0 Å². The van der Waals surface area contributed by atoms with Gasteiger partial charge in [-0.25, -0.2) is 4.79 Å². The number of ether oxygens (including phenoxy) is 1. The van der Waals surface area contributed by atoms with Crippen LogP contribution in [0.4, 0.5) is 5.69 Å². The number of hydrogen-bond acceptors (Lipinski definition) is 6. The first-order valence-corrected chi connectivity index (χ1v) is 14.7. The number of piperazine rings is 1. The van der Waals surface area contributed by atoms with E-state index in [0.717, 1.165) is 77.0 Å². The Labute approximate surface area is 252 Å². The fourth-order valence-electron chi connectivity index (χ4n) is 5.45. The highest BCUT2D eigenvalue weighted by Crippen LogP contribution is 2.26. The third-order valence-electron chi connectivity index (χ3n) is 7.96. The molecule has 2 heterocycles. The second-order valence-corrected chi connectivity index (χ2v) is 11.2. The second-order valence-electron chi connectivity index (χ2n) is 11.2. The Bertz CT molecular complexity index is 1750. The molecular weight excluding hydrogens is 536 g/mol. The molecule has 0 spiro atoms. The van der Waals surface area contributed by atoms with Crippen molar-refractivity contribution < 1.29 is 14.6 Å². The van der Waals surface area contributed by atoms with Gasteiger partial charge in [0, 0.05) is 50.0 Å². The summed E-state index contributed by atoms with van der Waals surface area (Å²) in [5, 5.41) is 16.1. The first-order valence-electron chi connectivity index (χ1n) is 14.7. The fourth-order valence-corrected chi connectivity index (χ4v) is 5.45. The molecule has 0 saturated carbocycles. The summed E-state index contributed by atoms with van der Waals surface area (Å²) in [7, 11) is 2.18. The van der Waals surface area contributed by atoms with Crippen molar-refractivity contribution in [1.82, 2.24) is 14.8 Å². The highest BCUT2D eigenvalue weighted by atomic mass is 16.5. The zero-order chi connectivity index (χ0) is 29.6. The lowest BCUT2D eigenvalue weighted by Crippen LogP contribution is -2.43. The first-order chi connectivity index (χ1) is 21.0. The van der Waals surface area contributed by atoms with Crippen LogP contribution in [0.5, 0.6) is 5.75 Å². The predicted octanol–water partition coefficient (Wildman–Crippen LogP) is 6.41. The first kappa shape index (κ1) is 28.4. The molecule has 1 aliphatic heterocycles. The number of benzene rings is 4. The van der Waals surface area contributed by atoms with E-state index >= 15 is 0 Å². The maximum Gasteiger partial charge on any atom is 0.335 e. The molecule has 1 aromatic heterocycles. The average Bonchev–Trinajstić information content (AvgIpc) is 3.03. The zero-order valence-corrected chi connectivity index (χ0v) is 24.4. The highest BCUT2D eigenvalue weighted by Gasteiger charge is 2.14. The molecule has 0 atom stereocenters. The van der Waals surface area contributed by atoms with Crippen LogP contribution in [-0.2, 0) is 6.54 Å². The van der Waals surface area contributed by atoms with Crippen LogP contribution in [-0.4, -0.2) is 72.2 Å². The van der Waals surface area contributed by atoms with E-state index in [-0.39, 0.29) is 5.56 Å². The Morgan fingerprint density at radius 2 is 1.72 bits per heavy atom. The number of carboxylic acid groups (broad SMARTS) is 1. The van der Waals surface area contributed by atoms with Crippen LogP contribution < -0.4 is 10.1 Å². The van der Waals surface area contributed by atoms with Crippen molar-refractivity contribution in [2.45, 2.75) is 6.54 Å². The van der Waals surface area contributed by atoms with Gasteiger partial charge >= 0.3 is 5.97 Å². The van der Waals surface area contributed by atoms with Crippen molar-refractivity contribution in [2.75, 3.05) is 51.7 Å². The van der Waals surface area contributed by atoms with Crippen LogP contribution in [0.1, 0.15) is 21.5 Å². The summed E-state index contributed by atoms with van der Waals surface area (Å²) in [6.07, 6.45) is 3.92. The Balaban J connectivity index is 1.20. The topological polar surface area (TPSA) is 77.9 Å². The third kappa shape index (κ3) is 7.20. The summed E-state index contributed by atoms with van der Waals surface area (Å²) in [4.78, 5) is 20.9. The van der Waals surface area contributed by atoms with Crippen LogP contribution in [0.2, 0.25) is 0 Å². The van der Waals surface area contributed by atoms with Crippen molar-refractivity contribution in [3.63, 3.8) is 0 Å². The number of aromatic nitrogens is 1. The number of nitrogens with one attached hydrogen (secondary N) is 1. The molecule has 0 aliphatic carbocycles. The van der Waals surface area contributed by atoms with Gasteiger partial charge in [-0.3, -0.25) is 9.88 Å². The van der Waals surface area contributed by atoms with E-state index < -0.39 is 5.97 Å². The molecule has 0 radical (unpaired) electrons. The normalized spacial score (nSPS) is 14.7. The quantitative estimate of drug-likeness (QED) is 0.200. The lowest BCUT2D eigenvalue weighted by atomic mass is 10.1. The lowest BCUT2D eigenvalue weighted by molar-refractivity contribution is 0.0697. The minimum atomic E-state index is -0.938. The number of anilines is 1. The van der Waals surface area contributed by atoms with Crippen LogP contribution in [0, 0.1) is 0 Å². The summed E-state index contributed by atoms with van der Waals surface area (Å²) in [6.45, 7) is 6.24. The molecule has 2 N–H and O–H groups in total. The van der Waals surface area contributed by atoms with Crippen LogP contribution in [0.3, 0.4) is 0 Å². The second kappa shape index (κ2) is 13.1. The summed E-state index contributed by atoms with van der Waals surface area (Å²) in [5.41, 5.74) is 5.39. The standard InChI is InChI=1S/C36H36N4O3/c1-39-15-17-40(18-16-39)24-27-11-14-34-31(20-27)21-32(23-38-34)37-22-28(19-26-9-12-30(13-10-26)36(41)42)25-43-35-8-4-6-29-5-2-3-7-33(29)35/h2-14,19-21,23,37H,15-18,22,24-25H2,1H3,(H,41,42). The molecule has 6 rings (SSSR count). The summed E-state index contributed by atoms with van der Waals surface area (Å²) in [6, 6.07) is 29.8. The van der Waals surface area contributed by atoms with Crippen molar-refractivity contribution in [3.8, 4) is 5.75 Å². The summed E-state index contributed by atoms with van der Waals surface area (Å²) in [5.74, 6) is -0.113. The number of fused-ring (bicyclic) bond motifs is 2. The molecule has 0 amide bonds. The molecule has 4 aromatic carbocycles. The zero-order valence-electron chi connectivity index (χ0n) is 24.4. The van der Waals surface area contributed by atoms with Gasteiger partial charge in [0.15, 0.2) is 0 Å². The number of carbonyl (C=O) groups is 1. The van der Waals surface area contributed by atoms with E-state index in [2.05, 4.69) is 64.6 Å². The molecular formula is C36H36N4O3. The number of pyridine rings is 1. The molecule has 218 valence electrons. The number of nitrogens with zero attached hydrogens (tertiary/aromatic N) is 3. The van der Waals surface area contributed by atoms with E-state index in [4.69, 9.17) is 9.72 Å². The van der Waals surface area contributed by atoms with E-state index in [9.17, 15) is 9.90 Å². The third-order valence-corrected chi connectivity index (χ3v) is 7.96. The van der Waals surface area contributed by atoms with Crippen molar-refractivity contribution in [2.24, 2.45) is 0 Å². The van der Waals surface area contributed by atoms with Gasteiger partial charge in [0.2, 0.25) is 0 Å². The van der Waals surface area contributed by atoms with Gasteiger partial charge in [-0.05, 0) is 65.5 Å². The highest BCUT2D eigenvalue weighted by molar-refractivity contribution is 5.89. The number of hydrogen-bond donors (Lipinski definition) is 2. The molecule has 0 bridgehead atoms. The monoisotopic (exact) mass is 572 g/mol. The lowest BCUT2D eigenvalue weighted by Gasteiger charge is -2.32. The van der Waals surface area contributed by atoms with Gasteiger partial charge < -0.3 is 20.1 Å². The van der Waals surface area contributed by atoms with Crippen molar-refractivity contribution >= 4 is 39.4 Å². The predicted molar refractivity (Wildman–Crippen MR) is 174 cm³/mol. The van der Waals surface area contributed by atoms with Gasteiger partial charge in [-0.1, -0.05) is 60.7 Å². The number of aromatic carboxylic acids is 1. The van der Waals surface area contributed by atoms with E-state index in [1.807, 2.05) is 48.7 Å². The van der Waals surface area contributed by atoms with Crippen molar-refractivity contribution in [1.29, 1.82) is 0 Å².